The molecule has 9 aromatic carbocycles. The van der Waals surface area contributed by atoms with Crippen molar-refractivity contribution in [2.45, 2.75) is 0 Å². The van der Waals surface area contributed by atoms with E-state index < -0.39 is 0 Å². The highest BCUT2D eigenvalue weighted by molar-refractivity contribution is 6.28. The first kappa shape index (κ1) is 39.1. The van der Waals surface area contributed by atoms with Crippen LogP contribution in [0.5, 0.6) is 0 Å². The third-order valence-electron chi connectivity index (χ3n) is 12.8. The standard InChI is InChI=1S/C61H39N7/c1-5-18-40(19-6-1)41-32-34-45(35-33-41)60-64-59(44-24-11-4-12-25-44)65-61(66-60)68-53-31-16-14-29-49(53)57-55(68)37-36-54-56(57)48-28-13-15-30-52(48)67(54)47-27-17-26-46(38-47)51-39-50(42-20-7-2-8-21-42)62-58(63-51)43-22-9-3-10-23-43/h1-39H. The molecule has 4 heterocycles. The largest absolute Gasteiger partial charge is 0.309 e. The molecule has 0 aliphatic carbocycles. The fourth-order valence-corrected chi connectivity index (χ4v) is 9.64. The Kier molecular flexibility index (Phi) is 9.35. The number of hydrogen-bond acceptors (Lipinski definition) is 5. The quantitative estimate of drug-likeness (QED) is 0.152. The molecule has 7 nitrogen and oxygen atoms in total. The molecular weight excluding hydrogens is 831 g/mol. The second-order valence-corrected chi connectivity index (χ2v) is 16.9. The van der Waals surface area contributed by atoms with Gasteiger partial charge < -0.3 is 4.57 Å². The van der Waals surface area contributed by atoms with Gasteiger partial charge in [0.25, 0.3) is 0 Å². The molecule has 7 heteroatoms. The van der Waals surface area contributed by atoms with Crippen molar-refractivity contribution in [2.75, 3.05) is 0 Å². The lowest BCUT2D eigenvalue weighted by Crippen LogP contribution is -2.06. The van der Waals surface area contributed by atoms with Gasteiger partial charge in [0, 0.05) is 55.0 Å². The van der Waals surface area contributed by atoms with E-state index in [1.54, 1.807) is 0 Å². The van der Waals surface area contributed by atoms with Crippen molar-refractivity contribution in [3.05, 3.63) is 237 Å². The predicted octanol–water partition coefficient (Wildman–Crippen LogP) is 14.9. The number of aromatic nitrogens is 7. The number of rotatable bonds is 8. The van der Waals surface area contributed by atoms with Gasteiger partial charge in [-0.3, -0.25) is 4.57 Å². The first-order valence-corrected chi connectivity index (χ1v) is 22.8. The molecule has 0 unspecified atom stereocenters. The van der Waals surface area contributed by atoms with E-state index in [0.717, 1.165) is 99.6 Å². The maximum Gasteiger partial charge on any atom is 0.238 e. The zero-order valence-electron chi connectivity index (χ0n) is 36.6. The Bertz CT molecular complexity index is 3940. The first-order chi connectivity index (χ1) is 33.7. The van der Waals surface area contributed by atoms with Gasteiger partial charge in [0.1, 0.15) is 0 Å². The normalized spacial score (nSPS) is 11.5. The van der Waals surface area contributed by atoms with E-state index in [0.29, 0.717) is 23.4 Å². The number of fused-ring (bicyclic) bond motifs is 7. The molecule has 13 aromatic rings. The number of nitrogens with zero attached hydrogens (tertiary/aromatic N) is 7. The maximum atomic E-state index is 5.28. The van der Waals surface area contributed by atoms with Crippen molar-refractivity contribution in [1.29, 1.82) is 0 Å². The van der Waals surface area contributed by atoms with Crippen molar-refractivity contribution in [1.82, 2.24) is 34.1 Å². The average Bonchev–Trinajstić information content (AvgIpc) is 3.95. The summed E-state index contributed by atoms with van der Waals surface area (Å²) in [5, 5.41) is 4.56. The molecule has 0 amide bonds. The van der Waals surface area contributed by atoms with Crippen LogP contribution in [0.4, 0.5) is 0 Å². The van der Waals surface area contributed by atoms with Gasteiger partial charge in [-0.2, -0.15) is 9.97 Å². The second-order valence-electron chi connectivity index (χ2n) is 16.9. The fourth-order valence-electron chi connectivity index (χ4n) is 9.64. The highest BCUT2D eigenvalue weighted by Gasteiger charge is 2.23. The van der Waals surface area contributed by atoms with Crippen molar-refractivity contribution in [2.24, 2.45) is 0 Å². The Morgan fingerprint density at radius 3 is 1.25 bits per heavy atom. The zero-order chi connectivity index (χ0) is 45.0. The molecule has 0 fully saturated rings. The number of para-hydroxylation sites is 2. The molecule has 0 saturated carbocycles. The Balaban J connectivity index is 1.00. The summed E-state index contributed by atoms with van der Waals surface area (Å²) in [6.45, 7) is 0. The molecule has 0 bridgehead atoms. The summed E-state index contributed by atoms with van der Waals surface area (Å²) in [7, 11) is 0. The van der Waals surface area contributed by atoms with Crippen molar-refractivity contribution < 1.29 is 0 Å². The molecule has 0 atom stereocenters. The third kappa shape index (κ3) is 6.72. The minimum atomic E-state index is 0.553. The van der Waals surface area contributed by atoms with Crippen LogP contribution < -0.4 is 0 Å². The van der Waals surface area contributed by atoms with Gasteiger partial charge in [0.15, 0.2) is 17.5 Å². The third-order valence-corrected chi connectivity index (χ3v) is 12.8. The van der Waals surface area contributed by atoms with Crippen LogP contribution in [0.3, 0.4) is 0 Å². The van der Waals surface area contributed by atoms with E-state index in [1.165, 1.54) is 0 Å². The second kappa shape index (κ2) is 16.3. The number of hydrogen-bond donors (Lipinski definition) is 0. The topological polar surface area (TPSA) is 74.3 Å². The van der Waals surface area contributed by atoms with Gasteiger partial charge in [-0.1, -0.05) is 194 Å². The Labute approximate surface area is 392 Å². The SMILES string of the molecule is c1ccc(-c2ccc(-c3nc(-c4ccccc4)nc(-n4c5ccccc5c5c6c7ccccc7n(-c7cccc(-c8cc(-c9ccccc9)nc(-c9ccccc9)n8)c7)c6ccc54)n3)cc2)cc1. The van der Waals surface area contributed by atoms with Crippen LogP contribution in [-0.2, 0) is 0 Å². The zero-order valence-corrected chi connectivity index (χ0v) is 36.6. The van der Waals surface area contributed by atoms with Crippen LogP contribution in [0, 0.1) is 0 Å². The van der Waals surface area contributed by atoms with Gasteiger partial charge in [-0.15, -0.1) is 0 Å². The van der Waals surface area contributed by atoms with Crippen LogP contribution in [0.25, 0.3) is 123 Å². The smallest absolute Gasteiger partial charge is 0.238 e. The summed E-state index contributed by atoms with van der Waals surface area (Å²) in [6, 6.07) is 82.1. The van der Waals surface area contributed by atoms with E-state index in [2.05, 4.69) is 185 Å². The van der Waals surface area contributed by atoms with Crippen LogP contribution in [0.2, 0.25) is 0 Å². The van der Waals surface area contributed by atoms with E-state index in [4.69, 9.17) is 24.9 Å². The van der Waals surface area contributed by atoms with Gasteiger partial charge in [0.2, 0.25) is 5.95 Å². The molecule has 4 aromatic heterocycles. The monoisotopic (exact) mass is 869 g/mol. The molecule has 0 spiro atoms. The van der Waals surface area contributed by atoms with Gasteiger partial charge in [-0.25, -0.2) is 15.0 Å². The van der Waals surface area contributed by atoms with Gasteiger partial charge in [-0.05, 0) is 53.6 Å². The summed E-state index contributed by atoms with van der Waals surface area (Å²) in [4.78, 5) is 25.9. The summed E-state index contributed by atoms with van der Waals surface area (Å²) >= 11 is 0. The molecule has 0 radical (unpaired) electrons. The summed E-state index contributed by atoms with van der Waals surface area (Å²) in [5.41, 5.74) is 14.1. The average molecular weight is 870 g/mol. The fraction of sp³-hybridized carbons (Fsp3) is 0. The lowest BCUT2D eigenvalue weighted by molar-refractivity contribution is 0.953. The predicted molar refractivity (Wildman–Crippen MR) is 277 cm³/mol. The van der Waals surface area contributed by atoms with Gasteiger partial charge in [0.05, 0.1) is 33.5 Å². The molecule has 318 valence electrons. The van der Waals surface area contributed by atoms with E-state index in [9.17, 15) is 0 Å². The molecule has 0 aliphatic heterocycles. The summed E-state index contributed by atoms with van der Waals surface area (Å²) < 4.78 is 4.58. The molecule has 68 heavy (non-hydrogen) atoms. The maximum absolute atomic E-state index is 5.28. The molecule has 0 aliphatic rings. The van der Waals surface area contributed by atoms with E-state index in [1.807, 2.05) is 60.7 Å². The van der Waals surface area contributed by atoms with Crippen LogP contribution in [0.15, 0.2) is 237 Å². The van der Waals surface area contributed by atoms with Crippen LogP contribution >= 0.6 is 0 Å². The van der Waals surface area contributed by atoms with E-state index in [-0.39, 0.29) is 0 Å². The van der Waals surface area contributed by atoms with Crippen molar-refractivity contribution >= 4 is 43.6 Å². The highest BCUT2D eigenvalue weighted by Crippen LogP contribution is 2.43. The number of benzene rings is 9. The highest BCUT2D eigenvalue weighted by atomic mass is 15.2. The molecular formula is C61H39N7. The lowest BCUT2D eigenvalue weighted by Gasteiger charge is -2.12. The van der Waals surface area contributed by atoms with Crippen LogP contribution in [0.1, 0.15) is 0 Å². The van der Waals surface area contributed by atoms with Crippen molar-refractivity contribution in [3.8, 4) is 79.4 Å². The minimum Gasteiger partial charge on any atom is -0.309 e. The molecule has 0 N–H and O–H groups in total. The van der Waals surface area contributed by atoms with Crippen molar-refractivity contribution in [3.63, 3.8) is 0 Å². The van der Waals surface area contributed by atoms with E-state index >= 15 is 0 Å². The first-order valence-electron chi connectivity index (χ1n) is 22.8. The Morgan fingerprint density at radius 2 is 0.662 bits per heavy atom. The Hall–Kier alpha value is -9.33. The lowest BCUT2D eigenvalue weighted by atomic mass is 10.0. The Morgan fingerprint density at radius 1 is 0.250 bits per heavy atom. The molecule has 13 rings (SSSR count). The summed E-state index contributed by atoms with van der Waals surface area (Å²) in [6.07, 6.45) is 0. The van der Waals surface area contributed by atoms with Crippen LogP contribution in [-0.4, -0.2) is 34.1 Å². The minimum absolute atomic E-state index is 0.553. The van der Waals surface area contributed by atoms with Gasteiger partial charge >= 0.3 is 0 Å². The molecule has 0 saturated heterocycles. The summed E-state index contributed by atoms with van der Waals surface area (Å²) in [5.74, 6) is 2.45.